The standard InChI is InChI=1S/C14H18N2O5/c1-9-3-5-10(6-4-9)16(2)14(21)15-11(13(19)20)7-8-12(17)18/h3-6,11H,7-8H2,1-2H3,(H,15,21)(H,17,18)(H,19,20). The average Bonchev–Trinajstić information content (AvgIpc) is 2.42. The smallest absolute Gasteiger partial charge is 0.326 e. The number of hydrogen-bond donors (Lipinski definition) is 3. The first-order valence-electron chi connectivity index (χ1n) is 6.36. The van der Waals surface area contributed by atoms with Gasteiger partial charge in [0, 0.05) is 19.2 Å². The normalized spacial score (nSPS) is 11.5. The maximum absolute atomic E-state index is 12.0. The van der Waals surface area contributed by atoms with Gasteiger partial charge in [-0.15, -0.1) is 0 Å². The fourth-order valence-electron chi connectivity index (χ4n) is 1.66. The second-order valence-electron chi connectivity index (χ2n) is 4.67. The lowest BCUT2D eigenvalue weighted by molar-refractivity contribution is -0.140. The van der Waals surface area contributed by atoms with Crippen molar-refractivity contribution in [2.24, 2.45) is 0 Å². The van der Waals surface area contributed by atoms with Crippen molar-refractivity contribution in [3.05, 3.63) is 29.8 Å². The van der Waals surface area contributed by atoms with E-state index in [9.17, 15) is 14.4 Å². The van der Waals surface area contributed by atoms with E-state index in [1.165, 1.54) is 11.9 Å². The molecule has 0 saturated heterocycles. The molecule has 0 radical (unpaired) electrons. The quantitative estimate of drug-likeness (QED) is 0.736. The highest BCUT2D eigenvalue weighted by Gasteiger charge is 2.23. The highest BCUT2D eigenvalue weighted by molar-refractivity contribution is 5.94. The molecule has 1 atom stereocenters. The van der Waals surface area contributed by atoms with Gasteiger partial charge in [0.2, 0.25) is 0 Å². The number of amides is 2. The van der Waals surface area contributed by atoms with E-state index in [1.54, 1.807) is 12.1 Å². The Morgan fingerprint density at radius 2 is 1.76 bits per heavy atom. The number of aliphatic carboxylic acids is 2. The fraction of sp³-hybridized carbons (Fsp3) is 0.357. The number of aryl methyl sites for hydroxylation is 1. The molecule has 21 heavy (non-hydrogen) atoms. The van der Waals surface area contributed by atoms with Crippen LogP contribution in [0.15, 0.2) is 24.3 Å². The van der Waals surface area contributed by atoms with Gasteiger partial charge in [0.25, 0.3) is 0 Å². The largest absolute Gasteiger partial charge is 0.481 e. The summed E-state index contributed by atoms with van der Waals surface area (Å²) in [6.07, 6.45) is -0.496. The van der Waals surface area contributed by atoms with Gasteiger partial charge in [0.15, 0.2) is 0 Å². The minimum atomic E-state index is -1.26. The summed E-state index contributed by atoms with van der Waals surface area (Å²) in [6.45, 7) is 1.91. The first-order chi connectivity index (χ1) is 9.81. The van der Waals surface area contributed by atoms with Crippen LogP contribution in [0.1, 0.15) is 18.4 Å². The second-order valence-corrected chi connectivity index (χ2v) is 4.67. The number of carbonyl (C=O) groups is 3. The van der Waals surface area contributed by atoms with Gasteiger partial charge >= 0.3 is 18.0 Å². The van der Waals surface area contributed by atoms with Crippen LogP contribution >= 0.6 is 0 Å². The first kappa shape index (κ1) is 16.5. The molecule has 0 fully saturated rings. The van der Waals surface area contributed by atoms with Crippen molar-refractivity contribution in [3.63, 3.8) is 0 Å². The Balaban J connectivity index is 2.70. The molecule has 0 aliphatic heterocycles. The van der Waals surface area contributed by atoms with Crippen LogP contribution in [0.25, 0.3) is 0 Å². The van der Waals surface area contributed by atoms with Gasteiger partial charge in [0.1, 0.15) is 6.04 Å². The zero-order valence-corrected chi connectivity index (χ0v) is 11.9. The molecule has 3 N–H and O–H groups in total. The van der Waals surface area contributed by atoms with Crippen molar-refractivity contribution in [2.45, 2.75) is 25.8 Å². The number of anilines is 1. The van der Waals surface area contributed by atoms with E-state index in [1.807, 2.05) is 19.1 Å². The van der Waals surface area contributed by atoms with Gasteiger partial charge < -0.3 is 15.5 Å². The molecule has 1 aromatic carbocycles. The van der Waals surface area contributed by atoms with E-state index in [0.29, 0.717) is 5.69 Å². The van der Waals surface area contributed by atoms with Crippen LogP contribution in [0.5, 0.6) is 0 Å². The zero-order chi connectivity index (χ0) is 16.0. The maximum Gasteiger partial charge on any atom is 0.326 e. The van der Waals surface area contributed by atoms with Crippen LogP contribution in [-0.2, 0) is 9.59 Å². The Morgan fingerprint density at radius 3 is 2.24 bits per heavy atom. The van der Waals surface area contributed by atoms with E-state index in [-0.39, 0.29) is 12.8 Å². The third kappa shape index (κ3) is 5.13. The maximum atomic E-state index is 12.0. The van der Waals surface area contributed by atoms with Gasteiger partial charge in [-0.25, -0.2) is 9.59 Å². The summed E-state index contributed by atoms with van der Waals surface area (Å²) in [6, 6.07) is 5.30. The third-order valence-corrected chi connectivity index (χ3v) is 2.97. The lowest BCUT2D eigenvalue weighted by Gasteiger charge is -2.21. The van der Waals surface area contributed by atoms with Crippen molar-refractivity contribution >= 4 is 23.7 Å². The summed E-state index contributed by atoms with van der Waals surface area (Å²) < 4.78 is 0. The average molecular weight is 294 g/mol. The number of nitrogens with zero attached hydrogens (tertiary/aromatic N) is 1. The van der Waals surface area contributed by atoms with Gasteiger partial charge in [0.05, 0.1) is 0 Å². The van der Waals surface area contributed by atoms with Crippen LogP contribution < -0.4 is 10.2 Å². The Kier molecular flexibility index (Phi) is 5.71. The Labute approximate surface area is 122 Å². The van der Waals surface area contributed by atoms with Crippen molar-refractivity contribution in [1.29, 1.82) is 0 Å². The van der Waals surface area contributed by atoms with Gasteiger partial charge in [-0.05, 0) is 25.5 Å². The Bertz CT molecular complexity index is 527. The molecule has 0 aliphatic carbocycles. The third-order valence-electron chi connectivity index (χ3n) is 2.97. The number of hydrogen-bond acceptors (Lipinski definition) is 3. The molecule has 0 bridgehead atoms. The Hall–Kier alpha value is -2.57. The van der Waals surface area contributed by atoms with E-state index in [4.69, 9.17) is 10.2 Å². The van der Waals surface area contributed by atoms with Crippen molar-refractivity contribution in [3.8, 4) is 0 Å². The minimum Gasteiger partial charge on any atom is -0.481 e. The molecule has 1 unspecified atom stereocenters. The van der Waals surface area contributed by atoms with Crippen LogP contribution in [0.2, 0.25) is 0 Å². The zero-order valence-electron chi connectivity index (χ0n) is 11.9. The molecule has 0 heterocycles. The molecule has 7 nitrogen and oxygen atoms in total. The minimum absolute atomic E-state index is 0.169. The predicted molar refractivity (Wildman–Crippen MR) is 76.4 cm³/mol. The lowest BCUT2D eigenvalue weighted by atomic mass is 10.1. The number of urea groups is 1. The van der Waals surface area contributed by atoms with E-state index in [2.05, 4.69) is 5.32 Å². The molecule has 7 heteroatoms. The summed E-state index contributed by atoms with van der Waals surface area (Å²) in [4.78, 5) is 34.8. The molecule has 114 valence electrons. The number of carbonyl (C=O) groups excluding carboxylic acids is 1. The van der Waals surface area contributed by atoms with Crippen LogP contribution in [-0.4, -0.2) is 41.3 Å². The monoisotopic (exact) mass is 294 g/mol. The van der Waals surface area contributed by atoms with Crippen molar-refractivity contribution in [1.82, 2.24) is 5.32 Å². The topological polar surface area (TPSA) is 107 Å². The van der Waals surface area contributed by atoms with Gasteiger partial charge in [-0.1, -0.05) is 17.7 Å². The number of benzene rings is 1. The number of rotatable bonds is 6. The predicted octanol–water partition coefficient (Wildman–Crippen LogP) is 1.46. The summed E-state index contributed by atoms with van der Waals surface area (Å²) in [7, 11) is 1.51. The van der Waals surface area contributed by atoms with E-state index in [0.717, 1.165) is 5.56 Å². The van der Waals surface area contributed by atoms with Crippen molar-refractivity contribution < 1.29 is 24.6 Å². The van der Waals surface area contributed by atoms with E-state index < -0.39 is 24.0 Å². The molecular formula is C14H18N2O5. The highest BCUT2D eigenvalue weighted by Crippen LogP contribution is 2.13. The second kappa shape index (κ2) is 7.28. The molecule has 0 spiro atoms. The van der Waals surface area contributed by atoms with Crippen LogP contribution in [0.3, 0.4) is 0 Å². The van der Waals surface area contributed by atoms with Crippen molar-refractivity contribution in [2.75, 3.05) is 11.9 Å². The first-order valence-corrected chi connectivity index (χ1v) is 6.36. The van der Waals surface area contributed by atoms with Crippen LogP contribution in [0.4, 0.5) is 10.5 Å². The molecule has 2 amide bonds. The fourth-order valence-corrected chi connectivity index (χ4v) is 1.66. The van der Waals surface area contributed by atoms with E-state index >= 15 is 0 Å². The molecule has 0 saturated carbocycles. The lowest BCUT2D eigenvalue weighted by Crippen LogP contribution is -2.47. The van der Waals surface area contributed by atoms with Gasteiger partial charge in [-0.3, -0.25) is 9.69 Å². The molecule has 0 aliphatic rings. The summed E-state index contributed by atoms with van der Waals surface area (Å²) >= 11 is 0. The molecule has 0 aromatic heterocycles. The number of carboxylic acid groups (broad SMARTS) is 2. The molecule has 1 rings (SSSR count). The summed E-state index contributed by atoms with van der Waals surface area (Å²) in [5.41, 5.74) is 1.65. The number of carboxylic acids is 2. The Morgan fingerprint density at radius 1 is 1.19 bits per heavy atom. The number of nitrogens with one attached hydrogen (secondary N) is 1. The molecular weight excluding hydrogens is 276 g/mol. The highest BCUT2D eigenvalue weighted by atomic mass is 16.4. The SMILES string of the molecule is Cc1ccc(N(C)C(=O)NC(CCC(=O)O)C(=O)O)cc1. The molecule has 1 aromatic rings. The van der Waals surface area contributed by atoms with Gasteiger partial charge in [-0.2, -0.15) is 0 Å². The summed E-state index contributed by atoms with van der Waals surface area (Å²) in [5.74, 6) is -2.37. The van der Waals surface area contributed by atoms with Crippen LogP contribution in [0, 0.1) is 6.92 Å². The summed E-state index contributed by atoms with van der Waals surface area (Å²) in [5, 5.41) is 19.9.